The second kappa shape index (κ2) is 10.2. The van der Waals surface area contributed by atoms with Crippen molar-refractivity contribution in [3.8, 4) is 0 Å². The Kier molecular flexibility index (Phi) is 7.44. The number of carbonyl (C=O) groups is 2. The van der Waals surface area contributed by atoms with Gasteiger partial charge in [-0.05, 0) is 52.0 Å². The molecule has 0 saturated carbocycles. The van der Waals surface area contributed by atoms with Crippen LogP contribution < -0.4 is 10.2 Å². The molecule has 8 heteroatoms. The Balaban J connectivity index is 1.63. The minimum absolute atomic E-state index is 0.0636. The molecule has 3 rings (SSSR count). The molecule has 1 aliphatic heterocycles. The average Bonchev–Trinajstić information content (AvgIpc) is 2.79. The van der Waals surface area contributed by atoms with E-state index in [2.05, 4.69) is 34.0 Å². The minimum Gasteiger partial charge on any atom is -0.380 e. The highest BCUT2D eigenvalue weighted by Crippen LogP contribution is 2.24. The third kappa shape index (κ3) is 5.31. The predicted octanol–water partition coefficient (Wildman–Crippen LogP) is 2.74. The van der Waals surface area contributed by atoms with Crippen LogP contribution >= 0.6 is 0 Å². The first-order valence-corrected chi connectivity index (χ1v) is 11.0. The van der Waals surface area contributed by atoms with Gasteiger partial charge >= 0.3 is 0 Å². The second-order valence-electron chi connectivity index (χ2n) is 7.86. The largest absolute Gasteiger partial charge is 0.380 e. The van der Waals surface area contributed by atoms with E-state index in [4.69, 9.17) is 0 Å². The highest BCUT2D eigenvalue weighted by Gasteiger charge is 2.25. The van der Waals surface area contributed by atoms with Gasteiger partial charge in [-0.3, -0.25) is 14.6 Å². The van der Waals surface area contributed by atoms with Crippen LogP contribution in [0.15, 0.2) is 36.7 Å². The molecule has 2 aromatic heterocycles. The molecule has 0 aromatic carbocycles. The summed E-state index contributed by atoms with van der Waals surface area (Å²) in [7, 11) is 0. The fraction of sp³-hybridized carbons (Fsp3) is 0.478. The molecule has 1 N–H and O–H groups in total. The van der Waals surface area contributed by atoms with Gasteiger partial charge in [0.1, 0.15) is 5.69 Å². The highest BCUT2D eigenvalue weighted by atomic mass is 16.2. The predicted molar refractivity (Wildman–Crippen MR) is 123 cm³/mol. The Bertz CT molecular complexity index is 887. The van der Waals surface area contributed by atoms with Gasteiger partial charge in [0.15, 0.2) is 5.82 Å². The van der Waals surface area contributed by atoms with Crippen LogP contribution in [0.3, 0.4) is 0 Å². The zero-order chi connectivity index (χ0) is 22.4. The lowest BCUT2D eigenvalue weighted by molar-refractivity contribution is 0.0735. The van der Waals surface area contributed by atoms with E-state index in [1.807, 2.05) is 30.9 Å². The van der Waals surface area contributed by atoms with E-state index < -0.39 is 0 Å². The number of amides is 2. The smallest absolute Gasteiger partial charge is 0.272 e. The highest BCUT2D eigenvalue weighted by molar-refractivity contribution is 5.96. The van der Waals surface area contributed by atoms with Gasteiger partial charge in [-0.2, -0.15) is 0 Å². The summed E-state index contributed by atoms with van der Waals surface area (Å²) in [5.41, 5.74) is 1.88. The van der Waals surface area contributed by atoms with Crippen LogP contribution in [0.1, 0.15) is 48.5 Å². The molecule has 0 radical (unpaired) electrons. The van der Waals surface area contributed by atoms with Crippen molar-refractivity contribution in [2.75, 3.05) is 49.5 Å². The maximum Gasteiger partial charge on any atom is 0.272 e. The normalized spacial score (nSPS) is 14.0. The lowest BCUT2D eigenvalue weighted by Crippen LogP contribution is -2.49. The van der Waals surface area contributed by atoms with Gasteiger partial charge in [0.05, 0.1) is 11.3 Å². The Hall–Kier alpha value is -3.16. The van der Waals surface area contributed by atoms with Crippen molar-refractivity contribution in [3.05, 3.63) is 47.9 Å². The average molecular weight is 425 g/mol. The van der Waals surface area contributed by atoms with Crippen LogP contribution in [0.25, 0.3) is 0 Å². The van der Waals surface area contributed by atoms with Gasteiger partial charge in [-0.1, -0.05) is 0 Å². The number of anilines is 2. The molecule has 1 fully saturated rings. The van der Waals surface area contributed by atoms with Gasteiger partial charge in [-0.15, -0.1) is 0 Å². The van der Waals surface area contributed by atoms with Crippen molar-refractivity contribution < 1.29 is 9.59 Å². The summed E-state index contributed by atoms with van der Waals surface area (Å²) in [6, 6.07) is 7.61. The molecule has 166 valence electrons. The topological polar surface area (TPSA) is 81.7 Å². The molecule has 0 aliphatic carbocycles. The van der Waals surface area contributed by atoms with Crippen LogP contribution in [0.5, 0.6) is 0 Å². The summed E-state index contributed by atoms with van der Waals surface area (Å²) in [4.78, 5) is 39.9. The number of hydrogen-bond acceptors (Lipinski definition) is 6. The first-order chi connectivity index (χ1) is 14.9. The van der Waals surface area contributed by atoms with Gasteiger partial charge in [-0.25, -0.2) is 4.98 Å². The molecule has 0 bridgehead atoms. The van der Waals surface area contributed by atoms with Crippen molar-refractivity contribution in [2.45, 2.75) is 33.7 Å². The van der Waals surface area contributed by atoms with Gasteiger partial charge in [0.2, 0.25) is 0 Å². The summed E-state index contributed by atoms with van der Waals surface area (Å²) in [6.07, 6.45) is 3.30. The number of aromatic nitrogens is 2. The van der Waals surface area contributed by atoms with Crippen LogP contribution in [0.4, 0.5) is 11.5 Å². The number of pyridine rings is 2. The summed E-state index contributed by atoms with van der Waals surface area (Å²) < 4.78 is 0. The molecule has 1 saturated heterocycles. The van der Waals surface area contributed by atoms with Gasteiger partial charge in [0.25, 0.3) is 11.8 Å². The summed E-state index contributed by atoms with van der Waals surface area (Å²) in [6.45, 7) is 12.0. The number of rotatable bonds is 7. The second-order valence-corrected chi connectivity index (χ2v) is 7.86. The maximum absolute atomic E-state index is 12.9. The Morgan fingerprint density at radius 3 is 2.35 bits per heavy atom. The van der Waals surface area contributed by atoms with Gasteiger partial charge < -0.3 is 20.0 Å². The lowest BCUT2D eigenvalue weighted by Gasteiger charge is -2.36. The first-order valence-electron chi connectivity index (χ1n) is 11.0. The van der Waals surface area contributed by atoms with E-state index in [-0.39, 0.29) is 11.8 Å². The maximum atomic E-state index is 12.9. The SMILES string of the molecule is CCN(CC)C(=O)c1ccc(C(=O)N2CCN(c3ncccc3NC(C)C)CC2)nc1. The van der Waals surface area contributed by atoms with E-state index in [9.17, 15) is 9.59 Å². The van der Waals surface area contributed by atoms with E-state index in [0.29, 0.717) is 56.6 Å². The molecule has 8 nitrogen and oxygen atoms in total. The van der Waals surface area contributed by atoms with Crippen molar-refractivity contribution in [1.29, 1.82) is 0 Å². The molecule has 31 heavy (non-hydrogen) atoms. The summed E-state index contributed by atoms with van der Waals surface area (Å²) >= 11 is 0. The minimum atomic E-state index is -0.108. The Morgan fingerprint density at radius 1 is 1.06 bits per heavy atom. The lowest BCUT2D eigenvalue weighted by atomic mass is 10.2. The molecular formula is C23H32N6O2. The van der Waals surface area contributed by atoms with Crippen LogP contribution in [-0.4, -0.2) is 76.9 Å². The van der Waals surface area contributed by atoms with Crippen LogP contribution in [0, 0.1) is 0 Å². The third-order valence-corrected chi connectivity index (χ3v) is 5.38. The number of nitrogens with one attached hydrogen (secondary N) is 1. The molecule has 2 amide bonds. The molecule has 3 heterocycles. The van der Waals surface area contributed by atoms with Crippen molar-refractivity contribution in [2.24, 2.45) is 0 Å². The molecular weight excluding hydrogens is 392 g/mol. The number of carbonyl (C=O) groups excluding carboxylic acids is 2. The molecule has 0 atom stereocenters. The number of hydrogen-bond donors (Lipinski definition) is 1. The standard InChI is InChI=1S/C23H32N6O2/c1-5-27(6-2)22(30)18-9-10-20(25-16-18)23(31)29-14-12-28(13-15-29)21-19(26-17(3)4)8-7-11-24-21/h7-11,16-17,26H,5-6,12-15H2,1-4H3. The number of piperazine rings is 1. The quantitative estimate of drug-likeness (QED) is 0.736. The zero-order valence-corrected chi connectivity index (χ0v) is 18.8. The van der Waals surface area contributed by atoms with Crippen LogP contribution in [-0.2, 0) is 0 Å². The van der Waals surface area contributed by atoms with Crippen molar-refractivity contribution >= 4 is 23.3 Å². The first kappa shape index (κ1) is 22.5. The number of nitrogens with zero attached hydrogens (tertiary/aromatic N) is 5. The van der Waals surface area contributed by atoms with E-state index >= 15 is 0 Å². The summed E-state index contributed by atoms with van der Waals surface area (Å²) in [5.74, 6) is 0.745. The van der Waals surface area contributed by atoms with Gasteiger partial charge in [0, 0.05) is 57.7 Å². The summed E-state index contributed by atoms with van der Waals surface area (Å²) in [5, 5.41) is 3.44. The molecule has 0 spiro atoms. The van der Waals surface area contributed by atoms with E-state index in [1.54, 1.807) is 23.2 Å². The fourth-order valence-corrected chi connectivity index (χ4v) is 3.70. The van der Waals surface area contributed by atoms with E-state index in [1.165, 1.54) is 6.20 Å². The third-order valence-electron chi connectivity index (χ3n) is 5.38. The Labute approximate surface area is 184 Å². The Morgan fingerprint density at radius 2 is 1.77 bits per heavy atom. The fourth-order valence-electron chi connectivity index (χ4n) is 3.70. The van der Waals surface area contributed by atoms with Crippen LogP contribution in [0.2, 0.25) is 0 Å². The van der Waals surface area contributed by atoms with E-state index in [0.717, 1.165) is 11.5 Å². The molecule has 1 aliphatic rings. The van der Waals surface area contributed by atoms with Crippen molar-refractivity contribution in [3.63, 3.8) is 0 Å². The zero-order valence-electron chi connectivity index (χ0n) is 18.8. The monoisotopic (exact) mass is 424 g/mol. The molecule has 2 aromatic rings. The molecule has 0 unspecified atom stereocenters. The van der Waals surface area contributed by atoms with Crippen molar-refractivity contribution in [1.82, 2.24) is 19.8 Å².